The number of benzene rings is 1. The van der Waals surface area contributed by atoms with Crippen LogP contribution in [0.4, 0.5) is 0 Å². The second-order valence-electron chi connectivity index (χ2n) is 8.44. The molecule has 1 aromatic carbocycles. The highest BCUT2D eigenvalue weighted by atomic mass is 35.5. The Morgan fingerprint density at radius 1 is 1.19 bits per heavy atom. The summed E-state index contributed by atoms with van der Waals surface area (Å²) in [5, 5.41) is 3.71. The van der Waals surface area contributed by atoms with Crippen molar-refractivity contribution in [3.05, 3.63) is 29.8 Å². The fraction of sp³-hybridized carbons (Fsp3) is 0.682. The molecule has 2 aliphatic carbocycles. The minimum Gasteiger partial charge on any atom is -0.497 e. The fourth-order valence-corrected chi connectivity index (χ4v) is 4.77. The smallest absolute Gasteiger partial charge is 0.233 e. The zero-order chi connectivity index (χ0) is 18.0. The molecule has 0 unspecified atom stereocenters. The van der Waals surface area contributed by atoms with Crippen molar-refractivity contribution in [1.29, 1.82) is 0 Å². The fourth-order valence-electron chi connectivity index (χ4n) is 4.77. The lowest BCUT2D eigenvalue weighted by Gasteiger charge is -2.39. The molecule has 1 amide bonds. The number of hydrogen-bond acceptors (Lipinski definition) is 3. The number of piperidine rings is 1. The summed E-state index contributed by atoms with van der Waals surface area (Å²) in [6.07, 6.45) is 9.20. The van der Waals surface area contributed by atoms with Gasteiger partial charge >= 0.3 is 0 Å². The number of ether oxygens (including phenoxy) is 1. The maximum absolute atomic E-state index is 13.6. The third kappa shape index (κ3) is 4.43. The van der Waals surface area contributed by atoms with Crippen LogP contribution in [0.5, 0.6) is 5.75 Å². The second-order valence-corrected chi connectivity index (χ2v) is 8.44. The van der Waals surface area contributed by atoms with E-state index in [1.165, 1.54) is 19.4 Å². The molecule has 1 aromatic rings. The molecule has 4 rings (SSSR count). The van der Waals surface area contributed by atoms with Crippen LogP contribution in [0.1, 0.15) is 56.9 Å². The van der Waals surface area contributed by atoms with Gasteiger partial charge < -0.3 is 15.0 Å². The predicted octanol–water partition coefficient (Wildman–Crippen LogP) is 3.92. The first-order valence-corrected chi connectivity index (χ1v) is 10.4. The van der Waals surface area contributed by atoms with E-state index >= 15 is 0 Å². The quantitative estimate of drug-likeness (QED) is 0.797. The first-order chi connectivity index (χ1) is 12.7. The van der Waals surface area contributed by atoms with E-state index in [0.717, 1.165) is 68.8 Å². The van der Waals surface area contributed by atoms with Crippen molar-refractivity contribution >= 4 is 18.3 Å². The molecule has 1 aliphatic heterocycles. The number of nitrogens with one attached hydrogen (secondary N) is 1. The lowest BCUT2D eigenvalue weighted by atomic mass is 9.77. The van der Waals surface area contributed by atoms with Gasteiger partial charge in [0.05, 0.1) is 12.5 Å². The number of methoxy groups -OCH3 is 1. The van der Waals surface area contributed by atoms with Crippen LogP contribution in [0.25, 0.3) is 0 Å². The van der Waals surface area contributed by atoms with Gasteiger partial charge in [0.2, 0.25) is 5.91 Å². The van der Waals surface area contributed by atoms with E-state index in [1.807, 2.05) is 12.1 Å². The van der Waals surface area contributed by atoms with Crippen LogP contribution in [0, 0.1) is 5.92 Å². The third-order valence-corrected chi connectivity index (χ3v) is 6.66. The standard InChI is InChI=1S/C22H32N2O2.ClH/c1-26-20-6-4-5-18(15-20)22(11-2-3-12-22)21(25)24-13-9-19(10-14-24)23-16-17-7-8-17;/h4-6,15,17,19,23H,2-3,7-14,16H2,1H3;1H. The first kappa shape index (κ1) is 20.5. The van der Waals surface area contributed by atoms with E-state index in [-0.39, 0.29) is 17.8 Å². The summed E-state index contributed by atoms with van der Waals surface area (Å²) in [6.45, 7) is 2.96. The Hall–Kier alpha value is -1.26. The van der Waals surface area contributed by atoms with Gasteiger partial charge in [-0.05, 0) is 68.7 Å². The van der Waals surface area contributed by atoms with Crippen molar-refractivity contribution in [2.45, 2.75) is 62.8 Å². The van der Waals surface area contributed by atoms with Crippen molar-refractivity contribution in [3.8, 4) is 5.75 Å². The highest BCUT2D eigenvalue weighted by Crippen LogP contribution is 2.44. The summed E-state index contributed by atoms with van der Waals surface area (Å²) in [5.41, 5.74) is 0.816. The molecule has 1 saturated heterocycles. The number of carbonyl (C=O) groups is 1. The zero-order valence-electron chi connectivity index (χ0n) is 16.4. The van der Waals surface area contributed by atoms with Gasteiger partial charge in [-0.3, -0.25) is 4.79 Å². The first-order valence-electron chi connectivity index (χ1n) is 10.4. The van der Waals surface area contributed by atoms with Gasteiger partial charge in [0, 0.05) is 19.1 Å². The highest BCUT2D eigenvalue weighted by Gasteiger charge is 2.45. The van der Waals surface area contributed by atoms with Crippen LogP contribution < -0.4 is 10.1 Å². The molecule has 0 bridgehead atoms. The van der Waals surface area contributed by atoms with Crippen LogP contribution >= 0.6 is 12.4 Å². The third-order valence-electron chi connectivity index (χ3n) is 6.66. The maximum Gasteiger partial charge on any atom is 0.233 e. The molecule has 5 heteroatoms. The van der Waals surface area contributed by atoms with Crippen LogP contribution in [0.15, 0.2) is 24.3 Å². The van der Waals surface area contributed by atoms with Crippen molar-refractivity contribution in [2.24, 2.45) is 5.92 Å². The van der Waals surface area contributed by atoms with E-state index < -0.39 is 0 Å². The number of halogens is 1. The Balaban J connectivity index is 0.00000210. The molecule has 3 aliphatic rings. The lowest BCUT2D eigenvalue weighted by molar-refractivity contribution is -0.138. The van der Waals surface area contributed by atoms with E-state index in [9.17, 15) is 4.79 Å². The molecule has 3 fully saturated rings. The van der Waals surface area contributed by atoms with Gasteiger partial charge in [-0.15, -0.1) is 12.4 Å². The summed E-state index contributed by atoms with van der Waals surface area (Å²) < 4.78 is 5.42. The molecule has 2 saturated carbocycles. The largest absolute Gasteiger partial charge is 0.497 e. The van der Waals surface area contributed by atoms with E-state index in [0.29, 0.717) is 11.9 Å². The number of rotatable bonds is 6. The Bertz CT molecular complexity index is 633. The number of likely N-dealkylation sites (tertiary alicyclic amines) is 1. The van der Waals surface area contributed by atoms with Gasteiger partial charge in [-0.25, -0.2) is 0 Å². The van der Waals surface area contributed by atoms with Crippen LogP contribution in [-0.2, 0) is 10.2 Å². The molecule has 150 valence electrons. The molecule has 4 nitrogen and oxygen atoms in total. The molecule has 27 heavy (non-hydrogen) atoms. The molecule has 0 aromatic heterocycles. The predicted molar refractivity (Wildman–Crippen MR) is 111 cm³/mol. The van der Waals surface area contributed by atoms with Crippen LogP contribution in [0.2, 0.25) is 0 Å². The molecule has 0 spiro atoms. The average molecular weight is 393 g/mol. The van der Waals surface area contributed by atoms with Crippen LogP contribution in [-0.4, -0.2) is 43.6 Å². The highest BCUT2D eigenvalue weighted by molar-refractivity contribution is 5.89. The maximum atomic E-state index is 13.6. The Kier molecular flexibility index (Phi) is 6.69. The van der Waals surface area contributed by atoms with Gasteiger partial charge in [0.15, 0.2) is 0 Å². The molecule has 0 atom stereocenters. The van der Waals surface area contributed by atoms with E-state index in [1.54, 1.807) is 7.11 Å². The molecular formula is C22H33ClN2O2. The average Bonchev–Trinajstić information content (AvgIpc) is 3.40. The molecule has 0 radical (unpaired) electrons. The van der Waals surface area contributed by atoms with Crippen molar-refractivity contribution in [3.63, 3.8) is 0 Å². The van der Waals surface area contributed by atoms with E-state index in [2.05, 4.69) is 22.3 Å². The summed E-state index contributed by atoms with van der Waals surface area (Å²) in [6, 6.07) is 8.78. The molecule has 1 heterocycles. The summed E-state index contributed by atoms with van der Waals surface area (Å²) in [5.74, 6) is 2.12. The monoisotopic (exact) mass is 392 g/mol. The number of nitrogens with zero attached hydrogens (tertiary/aromatic N) is 1. The minimum atomic E-state index is -0.331. The Morgan fingerprint density at radius 2 is 1.89 bits per heavy atom. The van der Waals surface area contributed by atoms with Gasteiger partial charge in [0.25, 0.3) is 0 Å². The normalized spacial score (nSPS) is 22.3. The summed E-state index contributed by atoms with van der Waals surface area (Å²) >= 11 is 0. The van der Waals surface area contributed by atoms with Gasteiger partial charge in [-0.1, -0.05) is 25.0 Å². The van der Waals surface area contributed by atoms with E-state index in [4.69, 9.17) is 4.74 Å². The Labute approximate surface area is 169 Å². The van der Waals surface area contributed by atoms with Gasteiger partial charge in [-0.2, -0.15) is 0 Å². The second kappa shape index (κ2) is 8.83. The Morgan fingerprint density at radius 3 is 2.52 bits per heavy atom. The van der Waals surface area contributed by atoms with Crippen LogP contribution in [0.3, 0.4) is 0 Å². The number of hydrogen-bond donors (Lipinski definition) is 1. The van der Waals surface area contributed by atoms with Crippen molar-refractivity contribution in [2.75, 3.05) is 26.7 Å². The molecular weight excluding hydrogens is 360 g/mol. The van der Waals surface area contributed by atoms with Gasteiger partial charge in [0.1, 0.15) is 5.75 Å². The van der Waals surface area contributed by atoms with Crippen molar-refractivity contribution < 1.29 is 9.53 Å². The summed E-state index contributed by atoms with van der Waals surface area (Å²) in [4.78, 5) is 15.7. The minimum absolute atomic E-state index is 0. The topological polar surface area (TPSA) is 41.6 Å². The molecule has 1 N–H and O–H groups in total. The van der Waals surface area contributed by atoms with Crippen molar-refractivity contribution in [1.82, 2.24) is 10.2 Å². The number of amides is 1. The zero-order valence-corrected chi connectivity index (χ0v) is 17.2. The number of carbonyl (C=O) groups excluding carboxylic acids is 1. The lowest BCUT2D eigenvalue weighted by Crippen LogP contribution is -2.51. The summed E-state index contributed by atoms with van der Waals surface area (Å²) in [7, 11) is 1.70. The SMILES string of the molecule is COc1cccc(C2(C(=O)N3CCC(NCC4CC4)CC3)CCCC2)c1.Cl.